The summed E-state index contributed by atoms with van der Waals surface area (Å²) < 4.78 is 0. The second kappa shape index (κ2) is 5.01. The van der Waals surface area contributed by atoms with Crippen LogP contribution in [-0.4, -0.2) is 23.5 Å². The first-order valence-electron chi connectivity index (χ1n) is 6.29. The summed E-state index contributed by atoms with van der Waals surface area (Å²) in [6.45, 7) is 7.12. The fourth-order valence-corrected chi connectivity index (χ4v) is 2.52. The van der Waals surface area contributed by atoms with E-state index in [2.05, 4.69) is 55.5 Å². The van der Waals surface area contributed by atoms with Gasteiger partial charge in [0.25, 0.3) is 0 Å². The Balaban J connectivity index is 2.01. The topological polar surface area (TPSA) is 3.24 Å². The lowest BCUT2D eigenvalue weighted by atomic mass is 9.91. The summed E-state index contributed by atoms with van der Waals surface area (Å²) in [4.78, 5) is 2.60. The third-order valence-corrected chi connectivity index (χ3v) is 3.52. The molecule has 0 N–H and O–H groups in total. The molecule has 16 heavy (non-hydrogen) atoms. The lowest BCUT2D eigenvalue weighted by Crippen LogP contribution is -2.48. The van der Waals surface area contributed by atoms with Crippen molar-refractivity contribution in [1.29, 1.82) is 0 Å². The van der Waals surface area contributed by atoms with E-state index in [1.165, 1.54) is 24.9 Å². The van der Waals surface area contributed by atoms with Crippen molar-refractivity contribution < 1.29 is 0 Å². The molecule has 0 spiro atoms. The predicted molar refractivity (Wildman–Crippen MR) is 69.3 cm³/mol. The Morgan fingerprint density at radius 2 is 1.94 bits per heavy atom. The predicted octanol–water partition coefficient (Wildman–Crippen LogP) is 3.31. The third kappa shape index (κ3) is 2.85. The molecule has 1 aliphatic rings. The molecule has 1 nitrogen and oxygen atoms in total. The molecule has 0 amide bonds. The van der Waals surface area contributed by atoms with Gasteiger partial charge in [-0.05, 0) is 51.6 Å². The maximum absolute atomic E-state index is 2.60. The van der Waals surface area contributed by atoms with Crippen LogP contribution in [0.25, 0.3) is 0 Å². The Hall–Kier alpha value is -0.820. The highest BCUT2D eigenvalue weighted by molar-refractivity contribution is 5.17. The molecule has 1 radical (unpaired) electrons. The molecule has 2 rings (SSSR count). The van der Waals surface area contributed by atoms with Crippen LogP contribution in [-0.2, 0) is 6.42 Å². The fourth-order valence-electron chi connectivity index (χ4n) is 2.52. The zero-order valence-electron chi connectivity index (χ0n) is 10.4. The van der Waals surface area contributed by atoms with Gasteiger partial charge in [0, 0.05) is 12.1 Å². The summed E-state index contributed by atoms with van der Waals surface area (Å²) in [5.74, 6) is 0. The van der Waals surface area contributed by atoms with Gasteiger partial charge in [0.05, 0.1) is 0 Å². The Kier molecular flexibility index (Phi) is 3.65. The van der Waals surface area contributed by atoms with Gasteiger partial charge in [-0.1, -0.05) is 30.3 Å². The molecule has 1 aromatic rings. The normalized spacial score (nSPS) is 18.6. The van der Waals surface area contributed by atoms with Crippen LogP contribution < -0.4 is 0 Å². The third-order valence-electron chi connectivity index (χ3n) is 3.52. The second-order valence-corrected chi connectivity index (χ2v) is 5.35. The van der Waals surface area contributed by atoms with Crippen LogP contribution >= 0.6 is 0 Å². The molecule has 0 unspecified atom stereocenters. The smallest absolute Gasteiger partial charge is 0.0193 e. The van der Waals surface area contributed by atoms with E-state index in [1.54, 1.807) is 0 Å². The Labute approximate surface area is 99.5 Å². The minimum Gasteiger partial charge on any atom is -0.298 e. The number of benzene rings is 1. The van der Waals surface area contributed by atoms with E-state index in [4.69, 9.17) is 0 Å². The van der Waals surface area contributed by atoms with E-state index in [1.807, 2.05) is 0 Å². The molecule has 1 saturated heterocycles. The molecule has 0 aliphatic carbocycles. The van der Waals surface area contributed by atoms with Crippen LogP contribution in [0.4, 0.5) is 0 Å². The maximum Gasteiger partial charge on any atom is 0.0193 e. The molecule has 1 aliphatic heterocycles. The van der Waals surface area contributed by atoms with Crippen molar-refractivity contribution in [2.45, 2.75) is 38.6 Å². The molecule has 1 heteroatoms. The molecule has 87 valence electrons. The quantitative estimate of drug-likeness (QED) is 0.749. The molecule has 0 saturated carbocycles. The maximum atomic E-state index is 2.60. The van der Waals surface area contributed by atoms with Crippen LogP contribution in [0.5, 0.6) is 0 Å². The van der Waals surface area contributed by atoms with Crippen molar-refractivity contribution >= 4 is 0 Å². The number of likely N-dealkylation sites (tertiary alicyclic amines) is 1. The second-order valence-electron chi connectivity index (χ2n) is 5.35. The highest BCUT2D eigenvalue weighted by Crippen LogP contribution is 2.23. The molecule has 1 aromatic carbocycles. The van der Waals surface area contributed by atoms with Crippen molar-refractivity contribution in [2.24, 2.45) is 0 Å². The highest BCUT2D eigenvalue weighted by Gasteiger charge is 2.27. The first-order valence-corrected chi connectivity index (χ1v) is 6.29. The summed E-state index contributed by atoms with van der Waals surface area (Å²) in [5, 5.41) is 0. The lowest BCUT2D eigenvalue weighted by molar-refractivity contribution is 0.114. The Morgan fingerprint density at radius 1 is 1.19 bits per heavy atom. The first-order chi connectivity index (χ1) is 7.68. The minimum atomic E-state index is 0.276. The largest absolute Gasteiger partial charge is 0.298 e. The lowest BCUT2D eigenvalue weighted by Gasteiger charge is -2.41. The van der Waals surface area contributed by atoms with Crippen LogP contribution in [0.1, 0.15) is 32.3 Å². The van der Waals surface area contributed by atoms with Gasteiger partial charge in [0.1, 0.15) is 0 Å². The van der Waals surface area contributed by atoms with Gasteiger partial charge in [-0.25, -0.2) is 0 Å². The van der Waals surface area contributed by atoms with Crippen molar-refractivity contribution in [1.82, 2.24) is 4.90 Å². The standard InChI is InChI=1S/C15H22N/c1-15(2,16-11-7-4-8-12-16)13-14-9-5-3-6-10-14/h3,5-7,9-10H,4,8,11-13H2,1-2H3. The first kappa shape index (κ1) is 11.7. The highest BCUT2D eigenvalue weighted by atomic mass is 15.2. The number of nitrogens with zero attached hydrogens (tertiary/aromatic N) is 1. The van der Waals surface area contributed by atoms with Crippen molar-refractivity contribution in [2.75, 3.05) is 13.1 Å². The SMILES string of the molecule is CC(C)(Cc1ccccc1)N1C[CH]CCC1. The molecule has 0 atom stereocenters. The molecule has 1 heterocycles. The summed E-state index contributed by atoms with van der Waals surface area (Å²) in [7, 11) is 0. The number of hydrogen-bond donors (Lipinski definition) is 0. The average molecular weight is 216 g/mol. The average Bonchev–Trinajstić information content (AvgIpc) is 2.31. The van der Waals surface area contributed by atoms with Gasteiger partial charge in [-0.15, -0.1) is 0 Å². The molecular weight excluding hydrogens is 194 g/mol. The zero-order chi connectivity index (χ0) is 11.4. The number of hydrogen-bond acceptors (Lipinski definition) is 1. The monoisotopic (exact) mass is 216 g/mol. The van der Waals surface area contributed by atoms with Gasteiger partial charge < -0.3 is 0 Å². The van der Waals surface area contributed by atoms with E-state index in [0.717, 1.165) is 13.0 Å². The van der Waals surface area contributed by atoms with Gasteiger partial charge in [-0.2, -0.15) is 0 Å². The summed E-state index contributed by atoms with van der Waals surface area (Å²) in [6, 6.07) is 10.8. The van der Waals surface area contributed by atoms with Gasteiger partial charge >= 0.3 is 0 Å². The number of rotatable bonds is 3. The minimum absolute atomic E-state index is 0.276. The van der Waals surface area contributed by atoms with Crippen LogP contribution in [0, 0.1) is 6.42 Å². The fraction of sp³-hybridized carbons (Fsp3) is 0.533. The van der Waals surface area contributed by atoms with Crippen LogP contribution in [0.3, 0.4) is 0 Å². The molecule has 0 bridgehead atoms. The van der Waals surface area contributed by atoms with Gasteiger partial charge in [0.2, 0.25) is 0 Å². The molecule has 0 aromatic heterocycles. The number of piperidine rings is 1. The molecule has 1 fully saturated rings. The van der Waals surface area contributed by atoms with E-state index in [0.29, 0.717) is 0 Å². The van der Waals surface area contributed by atoms with Gasteiger partial charge in [-0.3, -0.25) is 4.90 Å². The van der Waals surface area contributed by atoms with E-state index >= 15 is 0 Å². The molecular formula is C15H22N. The Morgan fingerprint density at radius 3 is 2.56 bits per heavy atom. The van der Waals surface area contributed by atoms with Crippen molar-refractivity contribution in [3.8, 4) is 0 Å². The van der Waals surface area contributed by atoms with Crippen molar-refractivity contribution in [3.63, 3.8) is 0 Å². The van der Waals surface area contributed by atoms with E-state index in [-0.39, 0.29) is 5.54 Å². The van der Waals surface area contributed by atoms with Crippen molar-refractivity contribution in [3.05, 3.63) is 42.3 Å². The van der Waals surface area contributed by atoms with Crippen LogP contribution in [0.2, 0.25) is 0 Å². The summed E-state index contributed by atoms with van der Waals surface area (Å²) >= 11 is 0. The van der Waals surface area contributed by atoms with E-state index < -0.39 is 0 Å². The van der Waals surface area contributed by atoms with E-state index in [9.17, 15) is 0 Å². The van der Waals surface area contributed by atoms with Crippen LogP contribution in [0.15, 0.2) is 30.3 Å². The summed E-state index contributed by atoms with van der Waals surface area (Å²) in [6.07, 6.45) is 6.16. The zero-order valence-corrected chi connectivity index (χ0v) is 10.4. The Bertz CT molecular complexity index is 309. The summed E-state index contributed by atoms with van der Waals surface area (Å²) in [5.41, 5.74) is 1.72. The van der Waals surface area contributed by atoms with Gasteiger partial charge in [0.15, 0.2) is 0 Å².